The fraction of sp³-hybridized carbons (Fsp3) is 0.542. The van der Waals surface area contributed by atoms with Gasteiger partial charge in [0, 0.05) is 31.0 Å². The van der Waals surface area contributed by atoms with Crippen LogP contribution >= 0.6 is 0 Å². The zero-order valence-corrected chi connectivity index (χ0v) is 18.1. The highest BCUT2D eigenvalue weighted by Crippen LogP contribution is 2.44. The average molecular weight is 410 g/mol. The molecule has 2 heterocycles. The second kappa shape index (κ2) is 7.89. The SMILES string of the molecule is CCc1cccc(C2(Cc3nc(=O)c(O)c4n3CCN(C(C)C)C4=O)CCCC2)c1. The lowest BCUT2D eigenvalue weighted by molar-refractivity contribution is 0.0636. The van der Waals surface area contributed by atoms with Crippen LogP contribution in [0, 0.1) is 0 Å². The van der Waals surface area contributed by atoms with Gasteiger partial charge in [-0.15, -0.1) is 0 Å². The number of nitrogens with zero attached hydrogens (tertiary/aromatic N) is 3. The van der Waals surface area contributed by atoms with Crippen molar-refractivity contribution < 1.29 is 9.90 Å². The Morgan fingerprint density at radius 1 is 1.17 bits per heavy atom. The molecular weight excluding hydrogens is 378 g/mol. The minimum atomic E-state index is -0.703. The summed E-state index contributed by atoms with van der Waals surface area (Å²) in [5, 5.41) is 10.4. The number of hydrogen-bond acceptors (Lipinski definition) is 4. The van der Waals surface area contributed by atoms with Gasteiger partial charge in [-0.1, -0.05) is 44.0 Å². The number of carbonyl (C=O) groups excluding carboxylic acids is 1. The van der Waals surface area contributed by atoms with E-state index in [9.17, 15) is 14.7 Å². The number of aromatic nitrogens is 2. The van der Waals surface area contributed by atoms with Crippen LogP contribution in [0.5, 0.6) is 5.75 Å². The van der Waals surface area contributed by atoms with Crippen molar-refractivity contribution in [3.63, 3.8) is 0 Å². The summed E-state index contributed by atoms with van der Waals surface area (Å²) in [6, 6.07) is 8.74. The Morgan fingerprint density at radius 3 is 2.57 bits per heavy atom. The number of fused-ring (bicyclic) bond motifs is 1. The maximum atomic E-state index is 13.0. The normalized spacial score (nSPS) is 18.1. The van der Waals surface area contributed by atoms with Crippen molar-refractivity contribution in [1.82, 2.24) is 14.5 Å². The van der Waals surface area contributed by atoms with Gasteiger partial charge in [-0.3, -0.25) is 9.59 Å². The van der Waals surface area contributed by atoms with Gasteiger partial charge in [0.2, 0.25) is 5.75 Å². The van der Waals surface area contributed by atoms with Crippen molar-refractivity contribution in [3.05, 3.63) is 57.3 Å². The second-order valence-corrected chi connectivity index (χ2v) is 8.99. The minimum Gasteiger partial charge on any atom is -0.501 e. The number of hydrogen-bond donors (Lipinski definition) is 1. The highest BCUT2D eigenvalue weighted by molar-refractivity contribution is 5.95. The highest BCUT2D eigenvalue weighted by Gasteiger charge is 2.39. The van der Waals surface area contributed by atoms with Crippen LogP contribution in [-0.2, 0) is 24.8 Å². The summed E-state index contributed by atoms with van der Waals surface area (Å²) in [6.45, 7) is 7.14. The predicted molar refractivity (Wildman–Crippen MR) is 116 cm³/mol. The molecule has 0 unspecified atom stereocenters. The summed E-state index contributed by atoms with van der Waals surface area (Å²) < 4.78 is 1.79. The Morgan fingerprint density at radius 2 is 1.90 bits per heavy atom. The van der Waals surface area contributed by atoms with Crippen molar-refractivity contribution in [1.29, 1.82) is 0 Å². The van der Waals surface area contributed by atoms with Crippen LogP contribution in [0.15, 0.2) is 29.1 Å². The molecule has 1 aliphatic carbocycles. The second-order valence-electron chi connectivity index (χ2n) is 8.99. The number of amides is 1. The lowest BCUT2D eigenvalue weighted by atomic mass is 9.75. The van der Waals surface area contributed by atoms with Crippen molar-refractivity contribution in [3.8, 4) is 5.75 Å². The zero-order valence-electron chi connectivity index (χ0n) is 18.1. The molecule has 0 spiro atoms. The fourth-order valence-corrected chi connectivity index (χ4v) is 5.16. The molecule has 0 saturated heterocycles. The smallest absolute Gasteiger partial charge is 0.315 e. The van der Waals surface area contributed by atoms with Gasteiger partial charge in [0.1, 0.15) is 5.82 Å². The molecule has 1 aliphatic heterocycles. The first-order valence-corrected chi connectivity index (χ1v) is 11.1. The molecule has 2 aliphatic rings. The van der Waals surface area contributed by atoms with E-state index in [1.165, 1.54) is 11.1 Å². The largest absolute Gasteiger partial charge is 0.501 e. The summed E-state index contributed by atoms with van der Waals surface area (Å²) >= 11 is 0. The van der Waals surface area contributed by atoms with Gasteiger partial charge in [0.05, 0.1) is 0 Å². The van der Waals surface area contributed by atoms with Crippen LogP contribution in [0.3, 0.4) is 0 Å². The van der Waals surface area contributed by atoms with E-state index in [-0.39, 0.29) is 23.1 Å². The molecule has 1 N–H and O–H groups in total. The van der Waals surface area contributed by atoms with Gasteiger partial charge in [0.25, 0.3) is 5.91 Å². The summed E-state index contributed by atoms with van der Waals surface area (Å²) in [7, 11) is 0. The van der Waals surface area contributed by atoms with E-state index in [4.69, 9.17) is 0 Å². The molecule has 30 heavy (non-hydrogen) atoms. The molecule has 1 aromatic carbocycles. The Hall–Kier alpha value is -2.63. The van der Waals surface area contributed by atoms with E-state index < -0.39 is 11.3 Å². The van der Waals surface area contributed by atoms with Crippen molar-refractivity contribution in [2.24, 2.45) is 0 Å². The molecule has 160 valence electrons. The predicted octanol–water partition coefficient (Wildman–Crippen LogP) is 3.43. The van der Waals surface area contributed by atoms with Gasteiger partial charge in [-0.05, 0) is 44.2 Å². The van der Waals surface area contributed by atoms with E-state index in [1.54, 1.807) is 9.47 Å². The topological polar surface area (TPSA) is 75.4 Å². The fourth-order valence-electron chi connectivity index (χ4n) is 5.16. The molecular formula is C24H31N3O3. The zero-order chi connectivity index (χ0) is 21.5. The maximum Gasteiger partial charge on any atom is 0.315 e. The number of carbonyl (C=O) groups is 1. The van der Waals surface area contributed by atoms with Crippen LogP contribution in [0.4, 0.5) is 0 Å². The van der Waals surface area contributed by atoms with E-state index in [2.05, 4.69) is 36.2 Å². The first kappa shape index (κ1) is 20.6. The summed E-state index contributed by atoms with van der Waals surface area (Å²) in [6.07, 6.45) is 5.96. The van der Waals surface area contributed by atoms with Crippen LogP contribution in [0.25, 0.3) is 0 Å². The first-order chi connectivity index (χ1) is 14.4. The summed E-state index contributed by atoms with van der Waals surface area (Å²) in [4.78, 5) is 31.5. The van der Waals surface area contributed by atoms with E-state index in [0.29, 0.717) is 25.3 Å². The third-order valence-corrected chi connectivity index (χ3v) is 6.90. The van der Waals surface area contributed by atoms with E-state index in [1.807, 2.05) is 13.8 Å². The lowest BCUT2D eigenvalue weighted by Gasteiger charge is -2.36. The number of aryl methyl sites for hydroxylation is 1. The number of benzene rings is 1. The quantitative estimate of drug-likeness (QED) is 0.821. The summed E-state index contributed by atoms with van der Waals surface area (Å²) in [5.74, 6) is -0.195. The monoisotopic (exact) mass is 409 g/mol. The van der Waals surface area contributed by atoms with E-state index in [0.717, 1.165) is 32.1 Å². The Kier molecular flexibility index (Phi) is 5.43. The van der Waals surface area contributed by atoms with Gasteiger partial charge in [-0.25, -0.2) is 0 Å². The molecule has 1 aromatic heterocycles. The molecule has 4 rings (SSSR count). The third kappa shape index (κ3) is 3.42. The van der Waals surface area contributed by atoms with Crippen LogP contribution in [-0.4, -0.2) is 38.1 Å². The lowest BCUT2D eigenvalue weighted by Crippen LogP contribution is -2.46. The molecule has 0 radical (unpaired) electrons. The molecule has 2 aromatic rings. The summed E-state index contributed by atoms with van der Waals surface area (Å²) in [5.41, 5.74) is 1.91. The van der Waals surface area contributed by atoms with Crippen LogP contribution in [0.1, 0.15) is 73.9 Å². The molecule has 1 fully saturated rings. The van der Waals surface area contributed by atoms with Crippen molar-refractivity contribution in [2.45, 2.75) is 77.3 Å². The Labute approximate surface area is 177 Å². The average Bonchev–Trinajstić information content (AvgIpc) is 3.21. The van der Waals surface area contributed by atoms with Gasteiger partial charge >= 0.3 is 5.56 Å². The Balaban J connectivity index is 1.80. The van der Waals surface area contributed by atoms with Crippen LogP contribution in [0.2, 0.25) is 0 Å². The highest BCUT2D eigenvalue weighted by atomic mass is 16.3. The van der Waals surface area contributed by atoms with Gasteiger partial charge < -0.3 is 14.6 Å². The molecule has 0 atom stereocenters. The Bertz CT molecular complexity index is 1020. The molecule has 1 saturated carbocycles. The number of aromatic hydroxyl groups is 1. The molecule has 6 heteroatoms. The third-order valence-electron chi connectivity index (χ3n) is 6.90. The van der Waals surface area contributed by atoms with Gasteiger partial charge in [0.15, 0.2) is 5.69 Å². The number of rotatable bonds is 5. The van der Waals surface area contributed by atoms with Crippen molar-refractivity contribution in [2.75, 3.05) is 6.54 Å². The minimum absolute atomic E-state index is 0.00956. The molecule has 6 nitrogen and oxygen atoms in total. The van der Waals surface area contributed by atoms with Gasteiger partial charge in [-0.2, -0.15) is 4.98 Å². The maximum absolute atomic E-state index is 13.0. The van der Waals surface area contributed by atoms with Crippen LogP contribution < -0.4 is 5.56 Å². The molecule has 1 amide bonds. The first-order valence-electron chi connectivity index (χ1n) is 11.1. The standard InChI is InChI=1S/C24H31N3O3/c1-4-17-8-7-9-18(14-17)24(10-5-6-11-24)15-19-25-22(29)21(28)20-23(30)26(16(2)3)12-13-27(19)20/h7-9,14,16,28H,4-6,10-13,15H2,1-3H3. The molecule has 0 bridgehead atoms. The van der Waals surface area contributed by atoms with Crippen molar-refractivity contribution >= 4 is 5.91 Å². The van der Waals surface area contributed by atoms with E-state index >= 15 is 0 Å².